The fourth-order valence-corrected chi connectivity index (χ4v) is 9.29. The average Bonchev–Trinajstić information content (AvgIpc) is 3.05. The number of carbonyl (C=O) groups is 2. The summed E-state index contributed by atoms with van der Waals surface area (Å²) in [6, 6.07) is 0. The number of rotatable bonds is 5. The lowest BCUT2D eigenvalue weighted by Crippen LogP contribution is -2.61. The molecule has 4 rings (SSSR count). The molecule has 30 heavy (non-hydrogen) atoms. The van der Waals surface area contributed by atoms with Gasteiger partial charge < -0.3 is 10.2 Å². The van der Waals surface area contributed by atoms with Crippen molar-refractivity contribution in [2.45, 2.75) is 98.0 Å². The molecule has 4 saturated carbocycles. The highest BCUT2D eigenvalue weighted by Gasteiger charge is 2.64. The fourth-order valence-electron chi connectivity index (χ4n) is 9.29. The summed E-state index contributed by atoms with van der Waals surface area (Å²) in [6.45, 7) is 9.35. The summed E-state index contributed by atoms with van der Waals surface area (Å²) in [7, 11) is 0. The molecule has 0 radical (unpaired) electrons. The number of carbonyl (C=O) groups excluding carboxylic acids is 1. The Morgan fingerprint density at radius 2 is 1.80 bits per heavy atom. The van der Waals surface area contributed by atoms with Gasteiger partial charge in [0.2, 0.25) is 0 Å². The lowest BCUT2D eigenvalue weighted by molar-refractivity contribution is -0.194. The Hall–Kier alpha value is -0.900. The number of ketones is 1. The number of hydrogen-bond acceptors (Lipinski definition) is 3. The van der Waals surface area contributed by atoms with E-state index < -0.39 is 5.97 Å². The normalized spacial score (nSPS) is 49.1. The summed E-state index contributed by atoms with van der Waals surface area (Å²) in [5.41, 5.74) is 0.402. The number of Topliss-reactive ketones (excluding diaryl/α,β-unsaturated/α-hetero) is 1. The molecule has 10 atom stereocenters. The Kier molecular flexibility index (Phi) is 5.87. The number of aliphatic hydroxyl groups is 1. The minimum Gasteiger partial charge on any atom is -0.481 e. The summed E-state index contributed by atoms with van der Waals surface area (Å²) >= 11 is 0. The van der Waals surface area contributed by atoms with Crippen molar-refractivity contribution in [1.29, 1.82) is 0 Å². The van der Waals surface area contributed by atoms with Crippen LogP contribution in [0.5, 0.6) is 0 Å². The second kappa shape index (κ2) is 7.90. The molecule has 4 nitrogen and oxygen atoms in total. The Bertz CT molecular complexity index is 689. The number of aliphatic hydroxyl groups excluding tert-OH is 1. The topological polar surface area (TPSA) is 74.6 Å². The summed E-state index contributed by atoms with van der Waals surface area (Å²) in [4.78, 5) is 23.4. The number of carboxylic acid groups (broad SMARTS) is 1. The van der Waals surface area contributed by atoms with Crippen molar-refractivity contribution >= 4 is 11.8 Å². The van der Waals surface area contributed by atoms with Gasteiger partial charge in [0.25, 0.3) is 0 Å². The van der Waals surface area contributed by atoms with Crippen LogP contribution in [0.4, 0.5) is 0 Å². The van der Waals surface area contributed by atoms with Crippen molar-refractivity contribution in [3.8, 4) is 0 Å². The molecule has 0 aromatic carbocycles. The second-order valence-corrected chi connectivity index (χ2v) is 11.8. The van der Waals surface area contributed by atoms with Crippen molar-refractivity contribution in [2.24, 2.45) is 52.3 Å². The van der Waals surface area contributed by atoms with E-state index >= 15 is 0 Å². The third-order valence-corrected chi connectivity index (χ3v) is 10.8. The number of fused-ring (bicyclic) bond motifs is 5. The van der Waals surface area contributed by atoms with E-state index in [1.54, 1.807) is 0 Å². The van der Waals surface area contributed by atoms with Crippen LogP contribution in [0.1, 0.15) is 91.9 Å². The van der Waals surface area contributed by atoms with Crippen LogP contribution in [-0.4, -0.2) is 28.1 Å². The molecular formula is C26H42O4. The molecule has 0 aromatic rings. The number of hydrogen-bond donors (Lipinski definition) is 2. The van der Waals surface area contributed by atoms with Crippen LogP contribution in [0.2, 0.25) is 0 Å². The first-order valence-corrected chi connectivity index (χ1v) is 12.5. The molecule has 4 fully saturated rings. The predicted octanol–water partition coefficient (Wildman–Crippen LogP) is 5.32. The molecule has 170 valence electrons. The zero-order valence-electron chi connectivity index (χ0n) is 19.4. The lowest BCUT2D eigenvalue weighted by Gasteiger charge is -2.64. The summed E-state index contributed by atoms with van der Waals surface area (Å²) in [5.74, 6) is 2.69. The van der Waals surface area contributed by atoms with E-state index in [2.05, 4.69) is 27.7 Å². The number of aliphatic carboxylic acids is 1. The first kappa shape index (κ1) is 22.3. The molecule has 0 aliphatic heterocycles. The van der Waals surface area contributed by atoms with Gasteiger partial charge in [-0.15, -0.1) is 0 Å². The van der Waals surface area contributed by atoms with E-state index in [-0.39, 0.29) is 29.3 Å². The standard InChI is InChI=1S/C26H42O4/c1-5-17-21-14-16(27)10-12-26(21,4)20-11-13-25(3)18(15(2)6-9-22(28)29)7-8-19(25)23(20)24(17)30/h15,17-21,23-24,30H,5-14H2,1-4H3,(H,28,29)/t15-,17-,18-,19?,20?,21?,23?,24?,25-,26-/m1/s1. The Morgan fingerprint density at radius 3 is 2.47 bits per heavy atom. The van der Waals surface area contributed by atoms with Gasteiger partial charge in [0.05, 0.1) is 6.10 Å². The van der Waals surface area contributed by atoms with E-state index in [0.717, 1.165) is 32.1 Å². The molecule has 2 N–H and O–H groups in total. The summed E-state index contributed by atoms with van der Waals surface area (Å²) in [5, 5.41) is 20.8. The zero-order valence-corrected chi connectivity index (χ0v) is 19.4. The van der Waals surface area contributed by atoms with E-state index in [1.807, 2.05) is 0 Å². The van der Waals surface area contributed by atoms with Crippen LogP contribution in [0.15, 0.2) is 0 Å². The van der Waals surface area contributed by atoms with E-state index in [9.17, 15) is 14.7 Å². The molecule has 0 bridgehead atoms. The van der Waals surface area contributed by atoms with Crippen molar-refractivity contribution < 1.29 is 19.8 Å². The van der Waals surface area contributed by atoms with Gasteiger partial charge in [-0.25, -0.2) is 0 Å². The Morgan fingerprint density at radius 1 is 1.10 bits per heavy atom. The first-order valence-electron chi connectivity index (χ1n) is 12.5. The first-order chi connectivity index (χ1) is 14.1. The highest BCUT2D eigenvalue weighted by atomic mass is 16.4. The van der Waals surface area contributed by atoms with Crippen LogP contribution < -0.4 is 0 Å². The smallest absolute Gasteiger partial charge is 0.303 e. The van der Waals surface area contributed by atoms with Gasteiger partial charge in [0.1, 0.15) is 5.78 Å². The zero-order chi connectivity index (χ0) is 21.8. The van der Waals surface area contributed by atoms with Gasteiger partial charge in [-0.3, -0.25) is 9.59 Å². The molecule has 4 heteroatoms. The van der Waals surface area contributed by atoms with Crippen molar-refractivity contribution in [3.05, 3.63) is 0 Å². The maximum atomic E-state index is 12.3. The Labute approximate surface area is 182 Å². The minimum absolute atomic E-state index is 0.187. The van der Waals surface area contributed by atoms with Crippen LogP contribution in [0, 0.1) is 52.3 Å². The van der Waals surface area contributed by atoms with E-state index in [0.29, 0.717) is 47.7 Å². The maximum Gasteiger partial charge on any atom is 0.303 e. The van der Waals surface area contributed by atoms with E-state index in [4.69, 9.17) is 5.11 Å². The molecular weight excluding hydrogens is 376 g/mol. The highest BCUT2D eigenvalue weighted by Crippen LogP contribution is 2.69. The third-order valence-electron chi connectivity index (χ3n) is 10.8. The van der Waals surface area contributed by atoms with Crippen molar-refractivity contribution in [2.75, 3.05) is 0 Å². The van der Waals surface area contributed by atoms with E-state index in [1.165, 1.54) is 19.3 Å². The largest absolute Gasteiger partial charge is 0.481 e. The van der Waals surface area contributed by atoms with Crippen molar-refractivity contribution in [3.63, 3.8) is 0 Å². The van der Waals surface area contributed by atoms with Gasteiger partial charge in [0, 0.05) is 19.3 Å². The van der Waals surface area contributed by atoms with Gasteiger partial charge in [-0.2, -0.15) is 0 Å². The fraction of sp³-hybridized carbons (Fsp3) is 0.923. The predicted molar refractivity (Wildman–Crippen MR) is 117 cm³/mol. The van der Waals surface area contributed by atoms with Gasteiger partial charge >= 0.3 is 5.97 Å². The van der Waals surface area contributed by atoms with Gasteiger partial charge in [-0.1, -0.05) is 34.1 Å². The monoisotopic (exact) mass is 418 g/mol. The molecule has 0 saturated heterocycles. The number of carboxylic acids is 1. The van der Waals surface area contributed by atoms with Crippen LogP contribution in [0.3, 0.4) is 0 Å². The van der Waals surface area contributed by atoms with Crippen LogP contribution in [-0.2, 0) is 9.59 Å². The minimum atomic E-state index is -0.690. The maximum absolute atomic E-state index is 12.3. The lowest BCUT2D eigenvalue weighted by atomic mass is 9.41. The van der Waals surface area contributed by atoms with Crippen molar-refractivity contribution in [1.82, 2.24) is 0 Å². The van der Waals surface area contributed by atoms with Gasteiger partial charge in [0.15, 0.2) is 0 Å². The summed E-state index contributed by atoms with van der Waals surface area (Å²) < 4.78 is 0. The molecule has 0 spiro atoms. The second-order valence-electron chi connectivity index (χ2n) is 11.8. The summed E-state index contributed by atoms with van der Waals surface area (Å²) in [6.07, 6.45) is 8.79. The molecule has 4 aliphatic rings. The van der Waals surface area contributed by atoms with Crippen LogP contribution >= 0.6 is 0 Å². The molecule has 4 aliphatic carbocycles. The SMILES string of the molecule is CC[C@H]1C(O)C2C(CC[C@@]3(C)C2CC[C@@H]3[C@H](C)CCC(=O)O)[C@@]2(C)CCC(=O)CC12. The van der Waals surface area contributed by atoms with Crippen LogP contribution in [0.25, 0.3) is 0 Å². The molecule has 0 amide bonds. The Balaban J connectivity index is 1.62. The van der Waals surface area contributed by atoms with Gasteiger partial charge in [-0.05, 0) is 90.8 Å². The molecule has 0 heterocycles. The highest BCUT2D eigenvalue weighted by molar-refractivity contribution is 5.79. The molecule has 0 aromatic heterocycles. The quantitative estimate of drug-likeness (QED) is 0.633. The average molecular weight is 419 g/mol. The molecule has 5 unspecified atom stereocenters. The third kappa shape index (κ3) is 3.27.